The zero-order valence-corrected chi connectivity index (χ0v) is 11.0. The summed E-state index contributed by atoms with van der Waals surface area (Å²) in [5.74, 6) is 0.805. The molecule has 3 aromatic rings. The molecule has 0 amide bonds. The first kappa shape index (κ1) is 11.6. The van der Waals surface area contributed by atoms with Crippen LogP contribution >= 0.6 is 12.2 Å². The lowest BCUT2D eigenvalue weighted by Gasteiger charge is -2.03. The van der Waals surface area contributed by atoms with Crippen LogP contribution in [-0.2, 0) is 13.6 Å². The molecule has 0 aliphatic rings. The minimum atomic E-state index is 0.518. The molecule has 0 radical (unpaired) electrons. The van der Waals surface area contributed by atoms with Crippen molar-refractivity contribution >= 4 is 23.3 Å². The number of aromatic nitrogens is 5. The third kappa shape index (κ3) is 1.92. The minimum absolute atomic E-state index is 0.518. The van der Waals surface area contributed by atoms with E-state index in [1.165, 1.54) is 0 Å². The van der Waals surface area contributed by atoms with Gasteiger partial charge in [0.05, 0.1) is 29.2 Å². The maximum atomic E-state index is 8.97. The van der Waals surface area contributed by atoms with E-state index in [1.807, 2.05) is 28.3 Å². The number of nitrogens with one attached hydrogen (secondary N) is 1. The fourth-order valence-corrected chi connectivity index (χ4v) is 2.24. The van der Waals surface area contributed by atoms with E-state index in [0.717, 1.165) is 16.9 Å². The number of imidazole rings is 1. The average Bonchev–Trinajstić information content (AvgIpc) is 2.94. The van der Waals surface area contributed by atoms with E-state index in [1.54, 1.807) is 12.4 Å². The van der Waals surface area contributed by atoms with E-state index in [2.05, 4.69) is 21.3 Å². The van der Waals surface area contributed by atoms with Gasteiger partial charge in [0, 0.05) is 7.05 Å². The number of fused-ring (bicyclic) bond motifs is 1. The van der Waals surface area contributed by atoms with E-state index < -0.39 is 0 Å². The lowest BCUT2D eigenvalue weighted by atomic mass is 10.2. The quantitative estimate of drug-likeness (QED) is 0.720. The molecule has 1 aromatic carbocycles. The molecule has 0 aliphatic heterocycles. The molecule has 94 valence electrons. The van der Waals surface area contributed by atoms with Crippen molar-refractivity contribution in [2.75, 3.05) is 0 Å². The van der Waals surface area contributed by atoms with Crippen LogP contribution in [-0.4, -0.2) is 24.3 Å². The smallest absolute Gasteiger partial charge is 0.178 e. The Kier molecular flexibility index (Phi) is 2.65. The summed E-state index contributed by atoms with van der Waals surface area (Å²) in [6.45, 7) is 0.518. The van der Waals surface area contributed by atoms with Crippen molar-refractivity contribution in [3.8, 4) is 6.07 Å². The van der Waals surface area contributed by atoms with Crippen LogP contribution in [0.25, 0.3) is 11.0 Å². The van der Waals surface area contributed by atoms with E-state index in [-0.39, 0.29) is 0 Å². The highest BCUT2D eigenvalue weighted by molar-refractivity contribution is 7.71. The summed E-state index contributed by atoms with van der Waals surface area (Å²) < 4.78 is 4.36. The van der Waals surface area contributed by atoms with Gasteiger partial charge in [-0.05, 0) is 30.4 Å². The third-order valence-corrected chi connectivity index (χ3v) is 3.33. The van der Waals surface area contributed by atoms with Crippen LogP contribution in [0, 0.1) is 16.1 Å². The van der Waals surface area contributed by atoms with Crippen molar-refractivity contribution < 1.29 is 0 Å². The Labute approximate surface area is 113 Å². The monoisotopic (exact) mass is 270 g/mol. The first-order chi connectivity index (χ1) is 9.19. The summed E-state index contributed by atoms with van der Waals surface area (Å²) in [5.41, 5.74) is 2.41. The second-order valence-corrected chi connectivity index (χ2v) is 4.60. The topological polar surface area (TPSA) is 75.2 Å². The molecule has 0 aliphatic carbocycles. The normalized spacial score (nSPS) is 10.7. The Balaban J connectivity index is 2.17. The fraction of sp³-hybridized carbons (Fsp3) is 0.167. The Morgan fingerprint density at radius 2 is 2.32 bits per heavy atom. The van der Waals surface area contributed by atoms with Gasteiger partial charge in [0.25, 0.3) is 0 Å². The van der Waals surface area contributed by atoms with Gasteiger partial charge in [-0.25, -0.2) is 0 Å². The van der Waals surface area contributed by atoms with Gasteiger partial charge in [-0.3, -0.25) is 0 Å². The lowest BCUT2D eigenvalue weighted by Crippen LogP contribution is -2.05. The largest absolute Gasteiger partial charge is 0.331 e. The second-order valence-electron chi connectivity index (χ2n) is 4.22. The van der Waals surface area contributed by atoms with E-state index in [4.69, 9.17) is 17.5 Å². The Hall–Kier alpha value is -2.46. The average molecular weight is 270 g/mol. The molecule has 2 heterocycles. The molecule has 0 bridgehead atoms. The van der Waals surface area contributed by atoms with Crippen LogP contribution < -0.4 is 0 Å². The predicted molar refractivity (Wildman–Crippen MR) is 71.9 cm³/mol. The van der Waals surface area contributed by atoms with Crippen molar-refractivity contribution in [2.45, 2.75) is 6.54 Å². The Morgan fingerprint density at radius 3 is 3.00 bits per heavy atom. The second kappa shape index (κ2) is 4.33. The summed E-state index contributed by atoms with van der Waals surface area (Å²) >= 11 is 5.32. The van der Waals surface area contributed by atoms with E-state index in [0.29, 0.717) is 16.9 Å². The highest BCUT2D eigenvalue weighted by atomic mass is 32.1. The van der Waals surface area contributed by atoms with Gasteiger partial charge in [-0.15, -0.1) is 10.2 Å². The number of hydrogen-bond donors (Lipinski definition) is 1. The number of H-pyrrole nitrogens is 1. The summed E-state index contributed by atoms with van der Waals surface area (Å²) in [6.07, 6.45) is 1.65. The van der Waals surface area contributed by atoms with Crippen molar-refractivity contribution in [3.63, 3.8) is 0 Å². The Bertz CT molecular complexity index is 847. The molecule has 7 heteroatoms. The summed E-state index contributed by atoms with van der Waals surface area (Å²) in [4.78, 5) is 3.12. The van der Waals surface area contributed by atoms with Crippen LogP contribution in [0.1, 0.15) is 11.4 Å². The molecule has 2 aromatic heterocycles. The summed E-state index contributed by atoms with van der Waals surface area (Å²) in [7, 11) is 1.88. The van der Waals surface area contributed by atoms with Crippen LogP contribution in [0.4, 0.5) is 0 Å². The number of nitrogens with zero attached hydrogens (tertiary/aromatic N) is 5. The molecule has 0 atom stereocenters. The molecule has 0 saturated heterocycles. The molecule has 0 saturated carbocycles. The summed E-state index contributed by atoms with van der Waals surface area (Å²) in [5, 5.41) is 16.9. The van der Waals surface area contributed by atoms with Gasteiger partial charge >= 0.3 is 0 Å². The van der Waals surface area contributed by atoms with E-state index in [9.17, 15) is 0 Å². The molecule has 1 N–H and O–H groups in total. The zero-order valence-electron chi connectivity index (χ0n) is 10.2. The van der Waals surface area contributed by atoms with E-state index >= 15 is 0 Å². The van der Waals surface area contributed by atoms with Crippen LogP contribution in [0.2, 0.25) is 0 Å². The minimum Gasteiger partial charge on any atom is -0.331 e. The predicted octanol–water partition coefficient (Wildman–Crippen LogP) is 1.75. The fourth-order valence-electron chi connectivity index (χ4n) is 1.97. The van der Waals surface area contributed by atoms with Gasteiger partial charge in [-0.2, -0.15) is 5.26 Å². The molecule has 0 spiro atoms. The summed E-state index contributed by atoms with van der Waals surface area (Å²) in [6, 6.07) is 7.57. The maximum Gasteiger partial charge on any atom is 0.178 e. The number of nitriles is 1. The zero-order chi connectivity index (χ0) is 13.4. The first-order valence-corrected chi connectivity index (χ1v) is 6.05. The van der Waals surface area contributed by atoms with Gasteiger partial charge in [0.2, 0.25) is 0 Å². The van der Waals surface area contributed by atoms with Gasteiger partial charge < -0.3 is 14.1 Å². The Morgan fingerprint density at radius 1 is 1.47 bits per heavy atom. The van der Waals surface area contributed by atoms with Crippen molar-refractivity contribution in [1.82, 2.24) is 24.3 Å². The standard InChI is InChI=1S/C12H10N6S/c1-17-7-14-16-11(17)6-18-10-4-8(5-13)2-3-9(10)15-12(18)19/h2-4,7H,6H2,1H3,(H,15,19). The number of hydrogen-bond acceptors (Lipinski definition) is 4. The molecular formula is C12H10N6S. The number of benzene rings is 1. The molecule has 6 nitrogen and oxygen atoms in total. The van der Waals surface area contributed by atoms with Crippen molar-refractivity contribution in [2.24, 2.45) is 7.05 Å². The van der Waals surface area contributed by atoms with Gasteiger partial charge in [0.1, 0.15) is 6.33 Å². The number of aryl methyl sites for hydroxylation is 1. The molecule has 0 unspecified atom stereocenters. The maximum absolute atomic E-state index is 8.97. The van der Waals surface area contributed by atoms with Crippen LogP contribution in [0.5, 0.6) is 0 Å². The van der Waals surface area contributed by atoms with Gasteiger partial charge in [-0.1, -0.05) is 0 Å². The highest BCUT2D eigenvalue weighted by Crippen LogP contribution is 2.17. The lowest BCUT2D eigenvalue weighted by molar-refractivity contribution is 0.705. The highest BCUT2D eigenvalue weighted by Gasteiger charge is 2.08. The van der Waals surface area contributed by atoms with Crippen molar-refractivity contribution in [3.05, 3.63) is 40.7 Å². The number of aromatic amines is 1. The van der Waals surface area contributed by atoms with Crippen LogP contribution in [0.3, 0.4) is 0 Å². The van der Waals surface area contributed by atoms with Crippen LogP contribution in [0.15, 0.2) is 24.5 Å². The third-order valence-electron chi connectivity index (χ3n) is 3.01. The first-order valence-electron chi connectivity index (χ1n) is 5.64. The number of rotatable bonds is 2. The van der Waals surface area contributed by atoms with Crippen molar-refractivity contribution in [1.29, 1.82) is 5.26 Å². The van der Waals surface area contributed by atoms with Gasteiger partial charge in [0.15, 0.2) is 10.6 Å². The molecule has 19 heavy (non-hydrogen) atoms. The SMILES string of the molecule is Cn1cnnc1Cn1c(=S)[nH]c2ccc(C#N)cc21. The molecule has 0 fully saturated rings. The molecule has 3 rings (SSSR count). The molecular weight excluding hydrogens is 260 g/mol.